The van der Waals surface area contributed by atoms with Gasteiger partial charge in [-0.3, -0.25) is 0 Å². The van der Waals surface area contributed by atoms with Crippen molar-refractivity contribution in [2.75, 3.05) is 12.8 Å². The Labute approximate surface area is 143 Å². The molecule has 0 radical (unpaired) electrons. The van der Waals surface area contributed by atoms with Gasteiger partial charge in [-0.1, -0.05) is 28.4 Å². The largest absolute Gasteiger partial charge is 0.416 e. The number of nitrogen functional groups attached to an aromatic ring is 1. The molecule has 0 saturated carbocycles. The highest BCUT2D eigenvalue weighted by Crippen LogP contribution is 2.38. The Hall–Kier alpha value is -2.44. The minimum atomic E-state index is -4.62. The van der Waals surface area contributed by atoms with Crippen LogP contribution >= 0.6 is 23.2 Å². The van der Waals surface area contributed by atoms with E-state index in [-0.39, 0.29) is 32.8 Å². The second kappa shape index (κ2) is 6.59. The van der Waals surface area contributed by atoms with Crippen LogP contribution in [0.2, 0.25) is 10.0 Å². The van der Waals surface area contributed by atoms with Gasteiger partial charge in [0.25, 0.3) is 0 Å². The lowest BCUT2D eigenvalue weighted by atomic mass is 10.2. The first-order chi connectivity index (χ1) is 11.2. The number of benzene rings is 1. The average molecular weight is 378 g/mol. The van der Waals surface area contributed by atoms with Crippen LogP contribution in [0, 0.1) is 11.3 Å². The zero-order valence-electron chi connectivity index (χ0n) is 11.9. The van der Waals surface area contributed by atoms with Gasteiger partial charge >= 0.3 is 6.18 Å². The van der Waals surface area contributed by atoms with Gasteiger partial charge in [-0.2, -0.15) is 23.5 Å². The van der Waals surface area contributed by atoms with Crippen LogP contribution in [-0.2, 0) is 11.0 Å². The highest BCUT2D eigenvalue weighted by Gasteiger charge is 2.32. The first-order valence-electron chi connectivity index (χ1n) is 6.12. The molecule has 2 rings (SSSR count). The first kappa shape index (κ1) is 17.9. The summed E-state index contributed by atoms with van der Waals surface area (Å²) in [5.74, 6) is -0.0871. The Morgan fingerprint density at radius 3 is 2.42 bits per heavy atom. The van der Waals surface area contributed by atoms with Gasteiger partial charge in [-0.05, 0) is 12.1 Å². The zero-order chi connectivity index (χ0) is 18.1. The molecule has 126 valence electrons. The van der Waals surface area contributed by atoms with Crippen LogP contribution in [0.5, 0.6) is 0 Å². The number of halogens is 5. The van der Waals surface area contributed by atoms with Gasteiger partial charge in [0.2, 0.25) is 0 Å². The normalized spacial score (nSPS) is 11.7. The van der Waals surface area contributed by atoms with Crippen LogP contribution in [0.1, 0.15) is 16.8 Å². The van der Waals surface area contributed by atoms with Crippen molar-refractivity contribution in [2.45, 2.75) is 6.18 Å². The zero-order valence-corrected chi connectivity index (χ0v) is 13.4. The molecule has 0 atom stereocenters. The van der Waals surface area contributed by atoms with Crippen molar-refractivity contribution in [3.05, 3.63) is 39.0 Å². The van der Waals surface area contributed by atoms with Crippen molar-refractivity contribution in [3.8, 4) is 11.8 Å². The third-order valence-corrected chi connectivity index (χ3v) is 3.48. The maximum Gasteiger partial charge on any atom is 0.416 e. The molecule has 11 heteroatoms. The second-order valence-corrected chi connectivity index (χ2v) is 5.19. The summed E-state index contributed by atoms with van der Waals surface area (Å²) in [5.41, 5.74) is 4.76. The van der Waals surface area contributed by atoms with Crippen LogP contribution in [0.3, 0.4) is 0 Å². The third-order valence-electron chi connectivity index (χ3n) is 2.91. The van der Waals surface area contributed by atoms with Crippen molar-refractivity contribution in [3.63, 3.8) is 0 Å². The summed E-state index contributed by atoms with van der Waals surface area (Å²) >= 11 is 11.8. The van der Waals surface area contributed by atoms with E-state index >= 15 is 0 Å². The molecule has 0 spiro atoms. The van der Waals surface area contributed by atoms with Crippen molar-refractivity contribution < 1.29 is 18.0 Å². The fourth-order valence-corrected chi connectivity index (χ4v) is 2.51. The minimum absolute atomic E-state index is 0.0857. The molecular weight excluding hydrogens is 370 g/mol. The first-order valence-corrected chi connectivity index (χ1v) is 6.88. The lowest BCUT2D eigenvalue weighted by molar-refractivity contribution is -0.137. The topological polar surface area (TPSA) is 89.2 Å². The summed E-state index contributed by atoms with van der Waals surface area (Å²) in [7, 11) is 1.28. The third kappa shape index (κ3) is 3.25. The van der Waals surface area contributed by atoms with Crippen LogP contribution in [0.15, 0.2) is 17.3 Å². The van der Waals surface area contributed by atoms with Gasteiger partial charge in [-0.15, -0.1) is 0 Å². The molecule has 0 bridgehead atoms. The molecule has 0 fully saturated rings. The summed E-state index contributed by atoms with van der Waals surface area (Å²) in [6, 6.07) is 3.17. The molecule has 0 unspecified atom stereocenters. The summed E-state index contributed by atoms with van der Waals surface area (Å²) < 4.78 is 39.3. The number of aromatic nitrogens is 2. The molecule has 0 amide bonds. The number of hydrogen-bond donors (Lipinski definition) is 1. The number of hydrogen-bond acceptors (Lipinski definition) is 5. The monoisotopic (exact) mass is 377 g/mol. The van der Waals surface area contributed by atoms with Crippen molar-refractivity contribution >= 4 is 35.2 Å². The van der Waals surface area contributed by atoms with E-state index in [1.54, 1.807) is 6.07 Å². The van der Waals surface area contributed by atoms with Gasteiger partial charge in [0.1, 0.15) is 24.7 Å². The van der Waals surface area contributed by atoms with E-state index in [1.165, 1.54) is 7.11 Å². The van der Waals surface area contributed by atoms with E-state index in [4.69, 9.17) is 34.2 Å². The molecule has 1 heterocycles. The lowest BCUT2D eigenvalue weighted by Gasteiger charge is -2.13. The maximum absolute atomic E-state index is 12.8. The number of nitrogens with two attached hydrogens (primary N) is 1. The molecule has 2 aromatic rings. The van der Waals surface area contributed by atoms with Crippen molar-refractivity contribution in [1.29, 1.82) is 5.26 Å². The van der Waals surface area contributed by atoms with E-state index < -0.39 is 11.7 Å². The van der Waals surface area contributed by atoms with Crippen molar-refractivity contribution in [1.82, 2.24) is 9.78 Å². The Morgan fingerprint density at radius 1 is 1.38 bits per heavy atom. The summed E-state index contributed by atoms with van der Waals surface area (Å²) in [6.07, 6.45) is -3.47. The Morgan fingerprint density at radius 2 is 1.96 bits per heavy atom. The van der Waals surface area contributed by atoms with Gasteiger partial charge in [0.05, 0.1) is 27.4 Å². The van der Waals surface area contributed by atoms with Crippen LogP contribution in [0.4, 0.5) is 19.0 Å². The molecule has 2 N–H and O–H groups in total. The summed E-state index contributed by atoms with van der Waals surface area (Å²) in [6.45, 7) is 0. The van der Waals surface area contributed by atoms with Gasteiger partial charge in [-0.25, -0.2) is 4.68 Å². The predicted molar refractivity (Wildman–Crippen MR) is 82.3 cm³/mol. The van der Waals surface area contributed by atoms with Crippen LogP contribution in [0.25, 0.3) is 5.69 Å². The van der Waals surface area contributed by atoms with Gasteiger partial charge in [0.15, 0.2) is 5.69 Å². The van der Waals surface area contributed by atoms with E-state index in [9.17, 15) is 13.2 Å². The average Bonchev–Trinajstić information content (AvgIpc) is 2.80. The van der Waals surface area contributed by atoms with E-state index in [0.717, 1.165) is 10.9 Å². The fourth-order valence-electron chi connectivity index (χ4n) is 1.86. The van der Waals surface area contributed by atoms with Gasteiger partial charge < -0.3 is 10.6 Å². The maximum atomic E-state index is 12.8. The highest BCUT2D eigenvalue weighted by molar-refractivity contribution is 6.38. The predicted octanol–water partition coefficient (Wildman–Crippen LogP) is 3.63. The molecule has 0 aliphatic carbocycles. The van der Waals surface area contributed by atoms with Gasteiger partial charge in [0, 0.05) is 0 Å². The smallest absolute Gasteiger partial charge is 0.399 e. The second-order valence-electron chi connectivity index (χ2n) is 4.37. The Bertz CT molecular complexity index is 832. The van der Waals surface area contributed by atoms with Crippen molar-refractivity contribution in [2.24, 2.45) is 5.16 Å². The molecule has 1 aromatic carbocycles. The quantitative estimate of drug-likeness (QED) is 0.653. The number of alkyl halides is 3. The number of oxime groups is 1. The van der Waals surface area contributed by atoms with E-state index in [0.29, 0.717) is 12.1 Å². The fraction of sp³-hybridized carbons (Fsp3) is 0.154. The minimum Gasteiger partial charge on any atom is -0.399 e. The molecule has 0 saturated heterocycles. The van der Waals surface area contributed by atoms with Crippen LogP contribution < -0.4 is 5.73 Å². The Kier molecular flexibility index (Phi) is 4.91. The molecule has 1 aromatic heterocycles. The number of nitriles is 1. The Balaban J connectivity index is 2.68. The lowest BCUT2D eigenvalue weighted by Crippen LogP contribution is -2.08. The molecule has 0 aliphatic heterocycles. The molecule has 0 aliphatic rings. The summed E-state index contributed by atoms with van der Waals surface area (Å²) in [5, 5.41) is 15.8. The van der Waals surface area contributed by atoms with E-state index in [1.807, 2.05) is 0 Å². The highest BCUT2D eigenvalue weighted by atomic mass is 35.5. The molecule has 6 nitrogen and oxygen atoms in total. The summed E-state index contributed by atoms with van der Waals surface area (Å²) in [4.78, 5) is 4.51. The number of anilines is 1. The van der Waals surface area contributed by atoms with Crippen LogP contribution in [-0.4, -0.2) is 23.1 Å². The molecule has 24 heavy (non-hydrogen) atoms. The SMILES string of the molecule is CON=Cc1c(C#N)nn(-c2c(Cl)cc(C(F)(F)F)cc2Cl)c1N. The number of nitrogens with zero attached hydrogens (tertiary/aromatic N) is 4. The standard InChI is InChI=1S/C13H8Cl2F3N5O/c1-24-21-5-7-10(4-19)22-23(12(7)20)11-8(14)2-6(3-9(11)15)13(16,17)18/h2-3,5H,20H2,1H3. The van der Waals surface area contributed by atoms with E-state index in [2.05, 4.69) is 15.1 Å². The number of rotatable bonds is 3. The molecular formula is C13H8Cl2F3N5O.